The molecule has 0 aromatic heterocycles. The van der Waals surface area contributed by atoms with Crippen LogP contribution in [0.5, 0.6) is 0 Å². The van der Waals surface area contributed by atoms with E-state index in [0.29, 0.717) is 22.8 Å². The number of amides is 1. The van der Waals surface area contributed by atoms with Gasteiger partial charge in [-0.3, -0.25) is 9.52 Å². The van der Waals surface area contributed by atoms with Crippen molar-refractivity contribution in [2.75, 3.05) is 10.0 Å². The first kappa shape index (κ1) is 18.3. The average Bonchev–Trinajstić information content (AvgIpc) is 2.48. The van der Waals surface area contributed by atoms with Crippen molar-refractivity contribution in [3.8, 4) is 0 Å². The zero-order valence-corrected chi connectivity index (χ0v) is 15.0. The molecule has 0 atom stereocenters. The molecule has 2 rings (SSSR count). The standard InChI is InChI=1S/C17H19ClN2O3S/c1-12(2)10-17(21)19-14-6-8-15(9-7-14)20-24(22,23)16-5-3-4-13(18)11-16/h3-9,11-12,20H,10H2,1-2H3,(H,19,21). The van der Waals surface area contributed by atoms with E-state index in [9.17, 15) is 13.2 Å². The summed E-state index contributed by atoms with van der Waals surface area (Å²) in [6.45, 7) is 3.93. The summed E-state index contributed by atoms with van der Waals surface area (Å²) in [5, 5.41) is 3.12. The highest BCUT2D eigenvalue weighted by Gasteiger charge is 2.14. The monoisotopic (exact) mass is 366 g/mol. The van der Waals surface area contributed by atoms with Crippen molar-refractivity contribution < 1.29 is 13.2 Å². The van der Waals surface area contributed by atoms with Crippen LogP contribution in [-0.4, -0.2) is 14.3 Å². The van der Waals surface area contributed by atoms with Gasteiger partial charge >= 0.3 is 0 Å². The minimum atomic E-state index is -3.71. The molecule has 2 N–H and O–H groups in total. The third-order valence-corrected chi connectivity index (χ3v) is 4.73. The number of sulfonamides is 1. The third kappa shape index (κ3) is 5.25. The van der Waals surface area contributed by atoms with Crippen LogP contribution in [0, 0.1) is 5.92 Å². The summed E-state index contributed by atoms with van der Waals surface area (Å²) in [6.07, 6.45) is 0.434. The van der Waals surface area contributed by atoms with Crippen LogP contribution in [-0.2, 0) is 14.8 Å². The van der Waals surface area contributed by atoms with E-state index in [0.717, 1.165) is 0 Å². The fourth-order valence-electron chi connectivity index (χ4n) is 2.05. The Kier molecular flexibility index (Phi) is 5.85. The molecule has 0 saturated heterocycles. The van der Waals surface area contributed by atoms with E-state index in [2.05, 4.69) is 10.0 Å². The second-order valence-corrected chi connectivity index (χ2v) is 7.91. The predicted octanol–water partition coefficient (Wildman–Crippen LogP) is 4.13. The van der Waals surface area contributed by atoms with Crippen molar-refractivity contribution >= 4 is 38.9 Å². The van der Waals surface area contributed by atoms with Gasteiger partial charge < -0.3 is 5.32 Å². The van der Waals surface area contributed by atoms with E-state index in [4.69, 9.17) is 11.6 Å². The minimum absolute atomic E-state index is 0.0720. The molecular formula is C17H19ClN2O3S. The molecule has 7 heteroatoms. The maximum atomic E-state index is 12.3. The van der Waals surface area contributed by atoms with Crippen LogP contribution in [0.15, 0.2) is 53.4 Å². The first-order chi connectivity index (χ1) is 11.3. The molecule has 0 heterocycles. The van der Waals surface area contributed by atoms with Crippen molar-refractivity contribution in [3.05, 3.63) is 53.6 Å². The molecule has 0 aliphatic rings. The van der Waals surface area contributed by atoms with E-state index in [-0.39, 0.29) is 16.7 Å². The summed E-state index contributed by atoms with van der Waals surface area (Å²) < 4.78 is 27.1. The van der Waals surface area contributed by atoms with Gasteiger partial charge in [0.05, 0.1) is 4.90 Å². The summed E-state index contributed by atoms with van der Waals surface area (Å²) in [4.78, 5) is 11.8. The SMILES string of the molecule is CC(C)CC(=O)Nc1ccc(NS(=O)(=O)c2cccc(Cl)c2)cc1. The largest absolute Gasteiger partial charge is 0.326 e. The Morgan fingerprint density at radius 1 is 1.08 bits per heavy atom. The van der Waals surface area contributed by atoms with Gasteiger partial charge in [-0.1, -0.05) is 31.5 Å². The Bertz CT molecular complexity index is 818. The van der Waals surface area contributed by atoms with Crippen molar-refractivity contribution in [1.82, 2.24) is 0 Å². The highest BCUT2D eigenvalue weighted by Crippen LogP contribution is 2.20. The van der Waals surface area contributed by atoms with Crippen molar-refractivity contribution in [2.45, 2.75) is 25.2 Å². The van der Waals surface area contributed by atoms with Crippen LogP contribution in [0.4, 0.5) is 11.4 Å². The highest BCUT2D eigenvalue weighted by molar-refractivity contribution is 7.92. The van der Waals surface area contributed by atoms with Crippen molar-refractivity contribution in [2.24, 2.45) is 5.92 Å². The Morgan fingerprint density at radius 3 is 2.29 bits per heavy atom. The van der Waals surface area contributed by atoms with Gasteiger partial charge in [0.25, 0.3) is 10.0 Å². The Balaban J connectivity index is 2.07. The smallest absolute Gasteiger partial charge is 0.261 e. The summed E-state index contributed by atoms with van der Waals surface area (Å²) >= 11 is 5.83. The number of nitrogens with one attached hydrogen (secondary N) is 2. The molecule has 2 aromatic rings. The zero-order chi connectivity index (χ0) is 17.7. The number of carbonyl (C=O) groups is 1. The normalized spacial score (nSPS) is 11.3. The fourth-order valence-corrected chi connectivity index (χ4v) is 3.41. The van der Waals surface area contributed by atoms with E-state index in [1.807, 2.05) is 13.8 Å². The van der Waals surface area contributed by atoms with Crippen LogP contribution < -0.4 is 10.0 Å². The van der Waals surface area contributed by atoms with Gasteiger partial charge in [-0.05, 0) is 48.4 Å². The molecule has 0 aliphatic heterocycles. The van der Waals surface area contributed by atoms with E-state index >= 15 is 0 Å². The van der Waals surface area contributed by atoms with Gasteiger partial charge in [0, 0.05) is 22.8 Å². The molecular weight excluding hydrogens is 348 g/mol. The van der Waals surface area contributed by atoms with Gasteiger partial charge in [0.2, 0.25) is 5.91 Å². The number of carbonyl (C=O) groups excluding carboxylic acids is 1. The Morgan fingerprint density at radius 2 is 1.71 bits per heavy atom. The number of rotatable bonds is 6. The second-order valence-electron chi connectivity index (χ2n) is 5.79. The molecule has 0 saturated carbocycles. The van der Waals surface area contributed by atoms with Crippen LogP contribution in [0.25, 0.3) is 0 Å². The maximum absolute atomic E-state index is 12.3. The first-order valence-electron chi connectivity index (χ1n) is 7.44. The van der Waals surface area contributed by atoms with Crippen LogP contribution in [0.1, 0.15) is 20.3 Å². The number of anilines is 2. The number of hydrogen-bond donors (Lipinski definition) is 2. The lowest BCUT2D eigenvalue weighted by molar-refractivity contribution is -0.116. The molecule has 128 valence electrons. The lowest BCUT2D eigenvalue weighted by atomic mass is 10.1. The number of halogens is 1. The van der Waals surface area contributed by atoms with Gasteiger partial charge in [-0.25, -0.2) is 8.42 Å². The quantitative estimate of drug-likeness (QED) is 0.807. The van der Waals surface area contributed by atoms with Gasteiger partial charge in [-0.2, -0.15) is 0 Å². The molecule has 0 spiro atoms. The summed E-state index contributed by atoms with van der Waals surface area (Å²) in [7, 11) is -3.71. The molecule has 0 bridgehead atoms. The average molecular weight is 367 g/mol. The Labute approximate surface area is 147 Å². The van der Waals surface area contributed by atoms with Crippen LogP contribution in [0.2, 0.25) is 5.02 Å². The Hall–Kier alpha value is -2.05. The molecule has 5 nitrogen and oxygen atoms in total. The molecule has 2 aromatic carbocycles. The predicted molar refractivity (Wildman–Crippen MR) is 96.8 cm³/mol. The molecule has 0 aliphatic carbocycles. The first-order valence-corrected chi connectivity index (χ1v) is 9.31. The lowest BCUT2D eigenvalue weighted by Crippen LogP contribution is -2.14. The molecule has 0 fully saturated rings. The summed E-state index contributed by atoms with van der Waals surface area (Å²) in [5.74, 6) is 0.200. The van der Waals surface area contributed by atoms with E-state index in [1.54, 1.807) is 36.4 Å². The molecule has 24 heavy (non-hydrogen) atoms. The van der Waals surface area contributed by atoms with Crippen LogP contribution in [0.3, 0.4) is 0 Å². The highest BCUT2D eigenvalue weighted by atomic mass is 35.5. The molecule has 0 unspecified atom stereocenters. The molecule has 1 amide bonds. The van der Waals surface area contributed by atoms with E-state index < -0.39 is 10.0 Å². The van der Waals surface area contributed by atoms with E-state index in [1.165, 1.54) is 12.1 Å². The third-order valence-electron chi connectivity index (χ3n) is 3.12. The molecule has 0 radical (unpaired) electrons. The van der Waals surface area contributed by atoms with Gasteiger partial charge in [0.15, 0.2) is 0 Å². The van der Waals surface area contributed by atoms with Gasteiger partial charge in [0.1, 0.15) is 0 Å². The number of hydrogen-bond acceptors (Lipinski definition) is 3. The lowest BCUT2D eigenvalue weighted by Gasteiger charge is -2.10. The fraction of sp³-hybridized carbons (Fsp3) is 0.235. The van der Waals surface area contributed by atoms with Gasteiger partial charge in [-0.15, -0.1) is 0 Å². The summed E-state index contributed by atoms with van der Waals surface area (Å²) in [6, 6.07) is 12.5. The van der Waals surface area contributed by atoms with Crippen LogP contribution >= 0.6 is 11.6 Å². The van der Waals surface area contributed by atoms with Crippen molar-refractivity contribution in [1.29, 1.82) is 0 Å². The maximum Gasteiger partial charge on any atom is 0.261 e. The zero-order valence-electron chi connectivity index (χ0n) is 13.4. The van der Waals surface area contributed by atoms with Crippen molar-refractivity contribution in [3.63, 3.8) is 0 Å². The topological polar surface area (TPSA) is 75.3 Å². The second kappa shape index (κ2) is 7.68. The summed E-state index contributed by atoms with van der Waals surface area (Å²) in [5.41, 5.74) is 1.02. The number of benzene rings is 2. The minimum Gasteiger partial charge on any atom is -0.326 e.